The zero-order chi connectivity index (χ0) is 21.0. The molecule has 1 saturated carbocycles. The molecule has 0 aliphatic heterocycles. The van der Waals surface area contributed by atoms with E-state index >= 15 is 0 Å². The lowest BCUT2D eigenvalue weighted by molar-refractivity contribution is -0.138. The Balaban J connectivity index is 1.91. The molecular formula is C20H22F3N3O3. The summed E-state index contributed by atoms with van der Waals surface area (Å²) in [7, 11) is 0. The van der Waals surface area contributed by atoms with Crippen LogP contribution in [-0.4, -0.2) is 20.6 Å². The Morgan fingerprint density at radius 3 is 2.55 bits per heavy atom. The van der Waals surface area contributed by atoms with E-state index in [-0.39, 0.29) is 24.8 Å². The van der Waals surface area contributed by atoms with Gasteiger partial charge < -0.3 is 15.0 Å². The Hall–Kier alpha value is -2.68. The van der Waals surface area contributed by atoms with Gasteiger partial charge in [-0.2, -0.15) is 13.2 Å². The highest BCUT2D eigenvalue weighted by Crippen LogP contribution is 2.33. The summed E-state index contributed by atoms with van der Waals surface area (Å²) in [6.45, 7) is -0.203. The van der Waals surface area contributed by atoms with E-state index in [2.05, 4.69) is 10.3 Å². The molecule has 0 spiro atoms. The number of aromatic nitrogens is 2. The first-order valence-corrected chi connectivity index (χ1v) is 9.44. The van der Waals surface area contributed by atoms with Crippen LogP contribution >= 0.6 is 0 Å². The van der Waals surface area contributed by atoms with Crippen LogP contribution in [-0.2, 0) is 17.6 Å². The summed E-state index contributed by atoms with van der Waals surface area (Å²) in [5, 5.41) is 11.7. The van der Waals surface area contributed by atoms with E-state index in [0.717, 1.165) is 42.4 Å². The zero-order valence-corrected chi connectivity index (χ0v) is 15.7. The molecule has 2 aromatic heterocycles. The first-order chi connectivity index (χ1) is 13.8. The van der Waals surface area contributed by atoms with Crippen LogP contribution < -0.4 is 10.9 Å². The maximum Gasteiger partial charge on any atom is 0.417 e. The van der Waals surface area contributed by atoms with Crippen molar-refractivity contribution in [2.24, 2.45) is 5.92 Å². The number of pyridine rings is 2. The number of hydrogen-bond acceptors (Lipinski definition) is 4. The van der Waals surface area contributed by atoms with Crippen molar-refractivity contribution in [2.75, 3.05) is 5.32 Å². The summed E-state index contributed by atoms with van der Waals surface area (Å²) in [5.74, 6) is -0.233. The van der Waals surface area contributed by atoms with Gasteiger partial charge in [0.2, 0.25) is 5.91 Å². The number of anilines is 1. The molecular weight excluding hydrogens is 387 g/mol. The summed E-state index contributed by atoms with van der Waals surface area (Å²) in [5.41, 5.74) is -1.09. The molecule has 156 valence electrons. The van der Waals surface area contributed by atoms with Gasteiger partial charge in [0.25, 0.3) is 5.56 Å². The summed E-state index contributed by atoms with van der Waals surface area (Å²) in [6.07, 6.45) is 1.51. The third kappa shape index (κ3) is 5.23. The van der Waals surface area contributed by atoms with Crippen molar-refractivity contribution in [3.63, 3.8) is 0 Å². The number of nitrogens with one attached hydrogen (secondary N) is 1. The van der Waals surface area contributed by atoms with Crippen molar-refractivity contribution < 1.29 is 23.1 Å². The Labute approximate surface area is 165 Å². The van der Waals surface area contributed by atoms with Gasteiger partial charge in [0, 0.05) is 18.5 Å². The number of nitrogens with zero attached hydrogens (tertiary/aromatic N) is 2. The fourth-order valence-electron chi connectivity index (χ4n) is 3.63. The molecule has 6 nitrogen and oxygen atoms in total. The van der Waals surface area contributed by atoms with Crippen LogP contribution in [0.2, 0.25) is 0 Å². The van der Waals surface area contributed by atoms with Gasteiger partial charge in [-0.05, 0) is 30.0 Å². The average Bonchev–Trinajstić information content (AvgIpc) is 3.19. The van der Waals surface area contributed by atoms with E-state index < -0.39 is 29.2 Å². The van der Waals surface area contributed by atoms with Gasteiger partial charge >= 0.3 is 6.18 Å². The number of hydrogen-bond donors (Lipinski definition) is 2. The molecule has 2 N–H and O–H groups in total. The van der Waals surface area contributed by atoms with E-state index in [9.17, 15) is 22.8 Å². The first-order valence-electron chi connectivity index (χ1n) is 9.44. The largest absolute Gasteiger partial charge is 0.417 e. The van der Waals surface area contributed by atoms with Gasteiger partial charge in [-0.3, -0.25) is 9.59 Å². The molecule has 29 heavy (non-hydrogen) atoms. The molecule has 1 atom stereocenters. The van der Waals surface area contributed by atoms with Crippen LogP contribution in [0.5, 0.6) is 0 Å². The lowest BCUT2D eigenvalue weighted by Crippen LogP contribution is -2.35. The number of carbonyl (C=O) groups excluding carboxylic acids is 1. The Kier molecular flexibility index (Phi) is 6.36. The number of halogens is 3. The van der Waals surface area contributed by atoms with Crippen molar-refractivity contribution >= 4 is 11.7 Å². The van der Waals surface area contributed by atoms with Gasteiger partial charge in [-0.15, -0.1) is 0 Å². The van der Waals surface area contributed by atoms with E-state index in [1.165, 1.54) is 12.3 Å². The standard InChI is InChI=1S/C20H22F3N3O3/c21-20(22,23)15-6-8-18(28)26(11-15)16(9-13-3-1-2-4-13)19(29)25-17-7-5-14(12-27)10-24-17/h5-8,10-11,13,16,27H,1-4,9,12H2,(H,24,25,29). The highest BCUT2D eigenvalue weighted by Gasteiger charge is 2.33. The predicted molar refractivity (Wildman–Crippen MR) is 100 cm³/mol. The zero-order valence-electron chi connectivity index (χ0n) is 15.7. The molecule has 0 aromatic carbocycles. The summed E-state index contributed by atoms with van der Waals surface area (Å²) in [4.78, 5) is 29.3. The fraction of sp³-hybridized carbons (Fsp3) is 0.450. The second-order valence-corrected chi connectivity index (χ2v) is 7.26. The minimum atomic E-state index is -4.62. The highest BCUT2D eigenvalue weighted by molar-refractivity contribution is 5.92. The van der Waals surface area contributed by atoms with Gasteiger partial charge in [0.15, 0.2) is 0 Å². The second-order valence-electron chi connectivity index (χ2n) is 7.26. The van der Waals surface area contributed by atoms with Crippen LogP contribution in [0.15, 0.2) is 41.5 Å². The Morgan fingerprint density at radius 1 is 1.24 bits per heavy atom. The van der Waals surface area contributed by atoms with Crippen molar-refractivity contribution in [1.82, 2.24) is 9.55 Å². The highest BCUT2D eigenvalue weighted by atomic mass is 19.4. The molecule has 0 saturated heterocycles. The van der Waals surface area contributed by atoms with Crippen LogP contribution in [0.1, 0.15) is 49.3 Å². The fourth-order valence-corrected chi connectivity index (χ4v) is 3.63. The van der Waals surface area contributed by atoms with Gasteiger partial charge in [-0.1, -0.05) is 31.7 Å². The quantitative estimate of drug-likeness (QED) is 0.765. The molecule has 2 heterocycles. The maximum absolute atomic E-state index is 13.1. The molecule has 3 rings (SSSR count). The molecule has 1 amide bonds. The molecule has 0 radical (unpaired) electrons. The molecule has 1 fully saturated rings. The van der Waals surface area contributed by atoms with E-state index in [4.69, 9.17) is 5.11 Å². The van der Waals surface area contributed by atoms with Gasteiger partial charge in [0.1, 0.15) is 11.9 Å². The number of carbonyl (C=O) groups is 1. The molecule has 0 bridgehead atoms. The van der Waals surface area contributed by atoms with Gasteiger partial charge in [0.05, 0.1) is 12.2 Å². The average molecular weight is 409 g/mol. The van der Waals surface area contributed by atoms with Crippen molar-refractivity contribution in [2.45, 2.75) is 50.9 Å². The van der Waals surface area contributed by atoms with Gasteiger partial charge in [-0.25, -0.2) is 4.98 Å². The molecule has 1 aliphatic carbocycles. The smallest absolute Gasteiger partial charge is 0.392 e. The Morgan fingerprint density at radius 2 is 1.97 bits per heavy atom. The number of rotatable bonds is 6. The van der Waals surface area contributed by atoms with Crippen molar-refractivity contribution in [3.8, 4) is 0 Å². The predicted octanol–water partition coefficient (Wildman–Crippen LogP) is 3.51. The van der Waals surface area contributed by atoms with E-state index in [1.807, 2.05) is 0 Å². The molecule has 1 aliphatic rings. The number of aliphatic hydroxyl groups is 1. The monoisotopic (exact) mass is 409 g/mol. The van der Waals surface area contributed by atoms with Crippen LogP contribution in [0.3, 0.4) is 0 Å². The lowest BCUT2D eigenvalue weighted by atomic mass is 9.97. The lowest BCUT2D eigenvalue weighted by Gasteiger charge is -2.23. The summed E-state index contributed by atoms with van der Waals surface area (Å²) >= 11 is 0. The molecule has 9 heteroatoms. The molecule has 1 unspecified atom stereocenters. The SMILES string of the molecule is O=C(Nc1ccc(CO)cn1)C(CC1CCCC1)n1cc(C(F)(F)F)ccc1=O. The minimum Gasteiger partial charge on any atom is -0.392 e. The maximum atomic E-state index is 13.1. The second kappa shape index (κ2) is 8.77. The minimum absolute atomic E-state index is 0.164. The van der Waals surface area contributed by atoms with Crippen LogP contribution in [0.4, 0.5) is 19.0 Å². The first kappa shape index (κ1) is 21.0. The number of aliphatic hydroxyl groups excluding tert-OH is 1. The van der Waals surface area contributed by atoms with E-state index in [0.29, 0.717) is 11.8 Å². The van der Waals surface area contributed by atoms with Crippen LogP contribution in [0.25, 0.3) is 0 Å². The van der Waals surface area contributed by atoms with Crippen LogP contribution in [0, 0.1) is 5.92 Å². The van der Waals surface area contributed by atoms with Crippen molar-refractivity contribution in [1.29, 1.82) is 0 Å². The third-order valence-corrected chi connectivity index (χ3v) is 5.19. The summed E-state index contributed by atoms with van der Waals surface area (Å²) in [6, 6.07) is 3.55. The Bertz CT molecular complexity index is 904. The summed E-state index contributed by atoms with van der Waals surface area (Å²) < 4.78 is 40.3. The van der Waals surface area contributed by atoms with E-state index in [1.54, 1.807) is 6.07 Å². The normalized spacial score (nSPS) is 16.0. The topological polar surface area (TPSA) is 84.2 Å². The third-order valence-electron chi connectivity index (χ3n) is 5.19. The molecule has 2 aromatic rings. The number of alkyl halides is 3. The van der Waals surface area contributed by atoms with Crippen molar-refractivity contribution in [3.05, 3.63) is 58.1 Å². The number of amides is 1.